The van der Waals surface area contributed by atoms with Crippen LogP contribution in [-0.2, 0) is 9.59 Å². The summed E-state index contributed by atoms with van der Waals surface area (Å²) in [6, 6.07) is 13.1. The van der Waals surface area contributed by atoms with Gasteiger partial charge < -0.3 is 5.32 Å². The zero-order chi connectivity index (χ0) is 15.7. The summed E-state index contributed by atoms with van der Waals surface area (Å²) in [6.07, 6.45) is 0.0951. The molecule has 1 atom stereocenters. The Labute approximate surface area is 137 Å². The number of amides is 2. The number of hydrogen-bond acceptors (Lipinski definition) is 3. The molecule has 2 aromatic rings. The number of anilines is 2. The fourth-order valence-electron chi connectivity index (χ4n) is 2.41. The number of benzene rings is 2. The van der Waals surface area contributed by atoms with Crippen LogP contribution in [-0.4, -0.2) is 17.9 Å². The summed E-state index contributed by atoms with van der Waals surface area (Å²) in [7, 11) is 0. The fraction of sp³-hybridized carbons (Fsp3) is 0.125. The first kappa shape index (κ1) is 14.9. The van der Waals surface area contributed by atoms with Crippen LogP contribution >= 0.6 is 23.2 Å². The molecule has 0 unspecified atom stereocenters. The molecule has 0 saturated carbocycles. The Bertz CT molecular complexity index is 748. The molecule has 1 aliphatic rings. The summed E-state index contributed by atoms with van der Waals surface area (Å²) < 4.78 is 0. The molecule has 1 heterocycles. The highest BCUT2D eigenvalue weighted by molar-refractivity contribution is 6.31. The van der Waals surface area contributed by atoms with E-state index >= 15 is 0 Å². The Morgan fingerprint density at radius 3 is 2.36 bits per heavy atom. The monoisotopic (exact) mass is 334 g/mol. The molecule has 0 aliphatic carbocycles. The van der Waals surface area contributed by atoms with E-state index in [0.29, 0.717) is 21.4 Å². The molecule has 2 aromatic carbocycles. The first-order valence-electron chi connectivity index (χ1n) is 6.69. The lowest BCUT2D eigenvalue weighted by molar-refractivity contribution is -0.121. The largest absolute Gasteiger partial charge is 0.373 e. The van der Waals surface area contributed by atoms with Crippen LogP contribution in [0.25, 0.3) is 0 Å². The van der Waals surface area contributed by atoms with Crippen LogP contribution in [0.3, 0.4) is 0 Å². The second kappa shape index (κ2) is 5.99. The zero-order valence-electron chi connectivity index (χ0n) is 11.4. The highest BCUT2D eigenvalue weighted by Gasteiger charge is 2.39. The number of carbonyl (C=O) groups excluding carboxylic acids is 2. The molecule has 1 saturated heterocycles. The Balaban J connectivity index is 1.82. The summed E-state index contributed by atoms with van der Waals surface area (Å²) in [6.45, 7) is 0. The van der Waals surface area contributed by atoms with Gasteiger partial charge in [0.2, 0.25) is 5.91 Å². The van der Waals surface area contributed by atoms with Gasteiger partial charge in [-0.05, 0) is 36.4 Å². The van der Waals surface area contributed by atoms with E-state index in [-0.39, 0.29) is 18.2 Å². The van der Waals surface area contributed by atoms with Gasteiger partial charge in [0.15, 0.2) is 0 Å². The van der Waals surface area contributed by atoms with Gasteiger partial charge in [-0.25, -0.2) is 4.90 Å². The lowest BCUT2D eigenvalue weighted by Crippen LogP contribution is -2.34. The molecule has 2 amide bonds. The lowest BCUT2D eigenvalue weighted by atomic mass is 10.2. The van der Waals surface area contributed by atoms with Crippen molar-refractivity contribution in [1.82, 2.24) is 0 Å². The second-order valence-corrected chi connectivity index (χ2v) is 5.83. The van der Waals surface area contributed by atoms with Crippen LogP contribution in [0.5, 0.6) is 0 Å². The van der Waals surface area contributed by atoms with Gasteiger partial charge in [-0.1, -0.05) is 35.3 Å². The third-order valence-electron chi connectivity index (χ3n) is 3.38. The van der Waals surface area contributed by atoms with Crippen LogP contribution in [0.4, 0.5) is 11.4 Å². The third-order valence-corrected chi connectivity index (χ3v) is 3.85. The summed E-state index contributed by atoms with van der Waals surface area (Å²) in [5.74, 6) is -0.556. The van der Waals surface area contributed by atoms with E-state index in [1.165, 1.54) is 0 Å². The van der Waals surface area contributed by atoms with Crippen molar-refractivity contribution in [2.45, 2.75) is 12.5 Å². The van der Waals surface area contributed by atoms with Gasteiger partial charge in [0.05, 0.1) is 12.1 Å². The van der Waals surface area contributed by atoms with Crippen molar-refractivity contribution in [2.24, 2.45) is 0 Å². The van der Waals surface area contributed by atoms with E-state index in [2.05, 4.69) is 5.32 Å². The van der Waals surface area contributed by atoms with Crippen LogP contribution in [0.1, 0.15) is 6.42 Å². The minimum Gasteiger partial charge on any atom is -0.373 e. The van der Waals surface area contributed by atoms with Gasteiger partial charge in [0.25, 0.3) is 5.91 Å². The number of nitrogens with one attached hydrogen (secondary N) is 1. The maximum Gasteiger partial charge on any atom is 0.256 e. The molecule has 1 aliphatic heterocycles. The van der Waals surface area contributed by atoms with Crippen molar-refractivity contribution in [1.29, 1.82) is 0 Å². The minimum atomic E-state index is -0.607. The molecule has 4 nitrogen and oxygen atoms in total. The molecule has 0 radical (unpaired) electrons. The molecule has 0 spiro atoms. The quantitative estimate of drug-likeness (QED) is 0.870. The molecular weight excluding hydrogens is 323 g/mol. The SMILES string of the molecule is O=C1C[C@@H](Nc2cccc(Cl)c2)C(=O)N1c1cccc(Cl)c1. The molecule has 112 valence electrons. The van der Waals surface area contributed by atoms with Crippen molar-refractivity contribution >= 4 is 46.4 Å². The number of carbonyl (C=O) groups is 2. The summed E-state index contributed by atoms with van der Waals surface area (Å²) in [5, 5.41) is 4.09. The van der Waals surface area contributed by atoms with Crippen molar-refractivity contribution in [3.8, 4) is 0 Å². The molecule has 0 bridgehead atoms. The van der Waals surface area contributed by atoms with E-state index < -0.39 is 6.04 Å². The molecule has 22 heavy (non-hydrogen) atoms. The van der Waals surface area contributed by atoms with Crippen molar-refractivity contribution in [3.63, 3.8) is 0 Å². The van der Waals surface area contributed by atoms with E-state index in [1.807, 2.05) is 0 Å². The predicted octanol–water partition coefficient (Wildman–Crippen LogP) is 3.74. The summed E-state index contributed by atoms with van der Waals surface area (Å²) in [5.41, 5.74) is 1.18. The van der Waals surface area contributed by atoms with Crippen LogP contribution in [0.2, 0.25) is 10.0 Å². The summed E-state index contributed by atoms with van der Waals surface area (Å²) >= 11 is 11.8. The Morgan fingerprint density at radius 2 is 1.68 bits per heavy atom. The average molecular weight is 335 g/mol. The number of halogens is 2. The highest BCUT2D eigenvalue weighted by atomic mass is 35.5. The maximum atomic E-state index is 12.5. The van der Waals surface area contributed by atoms with Gasteiger partial charge in [-0.3, -0.25) is 9.59 Å². The molecule has 0 aromatic heterocycles. The van der Waals surface area contributed by atoms with Crippen molar-refractivity contribution in [2.75, 3.05) is 10.2 Å². The third kappa shape index (κ3) is 2.93. The maximum absolute atomic E-state index is 12.5. The van der Waals surface area contributed by atoms with Crippen LogP contribution < -0.4 is 10.2 Å². The van der Waals surface area contributed by atoms with Gasteiger partial charge in [0, 0.05) is 15.7 Å². The first-order valence-corrected chi connectivity index (χ1v) is 7.44. The Hall–Kier alpha value is -2.04. The van der Waals surface area contributed by atoms with Crippen molar-refractivity contribution < 1.29 is 9.59 Å². The van der Waals surface area contributed by atoms with Gasteiger partial charge in [0.1, 0.15) is 6.04 Å². The number of hydrogen-bond donors (Lipinski definition) is 1. The van der Waals surface area contributed by atoms with E-state index in [4.69, 9.17) is 23.2 Å². The van der Waals surface area contributed by atoms with Crippen LogP contribution in [0, 0.1) is 0 Å². The molecule has 3 rings (SSSR count). The average Bonchev–Trinajstić information content (AvgIpc) is 2.73. The van der Waals surface area contributed by atoms with Crippen molar-refractivity contribution in [3.05, 3.63) is 58.6 Å². The molecule has 1 fully saturated rings. The molecule has 1 N–H and O–H groups in total. The zero-order valence-corrected chi connectivity index (χ0v) is 12.9. The standard InChI is InChI=1S/C16H12Cl2N2O2/c17-10-3-1-5-12(7-10)19-14-9-15(21)20(16(14)22)13-6-2-4-11(18)8-13/h1-8,14,19H,9H2/t14-/m1/s1. The Kier molecular flexibility index (Phi) is 4.05. The van der Waals surface area contributed by atoms with Gasteiger partial charge >= 0.3 is 0 Å². The Morgan fingerprint density at radius 1 is 1.00 bits per heavy atom. The molecule has 6 heteroatoms. The van der Waals surface area contributed by atoms with Gasteiger partial charge in [-0.2, -0.15) is 0 Å². The highest BCUT2D eigenvalue weighted by Crippen LogP contribution is 2.27. The first-order chi connectivity index (χ1) is 10.5. The topological polar surface area (TPSA) is 49.4 Å². The van der Waals surface area contributed by atoms with E-state index in [9.17, 15) is 9.59 Å². The van der Waals surface area contributed by atoms with Gasteiger partial charge in [-0.15, -0.1) is 0 Å². The number of nitrogens with zero attached hydrogens (tertiary/aromatic N) is 1. The minimum absolute atomic E-state index is 0.0951. The normalized spacial score (nSPS) is 17.9. The number of imide groups is 1. The lowest BCUT2D eigenvalue weighted by Gasteiger charge is -2.16. The second-order valence-electron chi connectivity index (χ2n) is 4.96. The summed E-state index contributed by atoms with van der Waals surface area (Å²) in [4.78, 5) is 25.8. The number of rotatable bonds is 3. The fourth-order valence-corrected chi connectivity index (χ4v) is 2.79. The van der Waals surface area contributed by atoms with E-state index in [0.717, 1.165) is 4.90 Å². The van der Waals surface area contributed by atoms with Crippen LogP contribution in [0.15, 0.2) is 48.5 Å². The molecular formula is C16H12Cl2N2O2. The van der Waals surface area contributed by atoms with E-state index in [1.54, 1.807) is 48.5 Å². The smallest absolute Gasteiger partial charge is 0.256 e. The predicted molar refractivity (Wildman–Crippen MR) is 87.4 cm³/mol.